The van der Waals surface area contributed by atoms with Crippen molar-refractivity contribution in [3.63, 3.8) is 0 Å². The van der Waals surface area contributed by atoms with Crippen molar-refractivity contribution in [2.45, 2.75) is 0 Å². The maximum absolute atomic E-state index is 12.5. The summed E-state index contributed by atoms with van der Waals surface area (Å²) < 4.78 is 15.9. The number of nitriles is 1. The molecule has 374 valence electrons. The van der Waals surface area contributed by atoms with Gasteiger partial charge in [0, 0.05) is 74.4 Å². The van der Waals surface area contributed by atoms with E-state index in [1.165, 1.54) is 20.2 Å². The number of hydrogen-bond acceptors (Lipinski definition) is 4. The summed E-state index contributed by atoms with van der Waals surface area (Å²) in [6, 6.07) is 88.5. The Labute approximate surface area is 471 Å². The number of hydrogen-bond donors (Lipinski definition) is 0. The van der Waals surface area contributed by atoms with Crippen LogP contribution in [-0.2, 0) is 0 Å². The van der Waals surface area contributed by atoms with Gasteiger partial charge in [0.25, 0.3) is 0 Å². The van der Waals surface area contributed by atoms with Crippen LogP contribution in [0, 0.1) is 17.9 Å². The molecule has 5 nitrogen and oxygen atoms in total. The molecule has 0 spiro atoms. The quantitative estimate of drug-likeness (QED) is 0.156. The third-order valence-corrected chi connectivity index (χ3v) is 19.0. The third kappa shape index (κ3) is 6.39. The minimum atomic E-state index is 0.390. The Balaban J connectivity index is 1.15. The van der Waals surface area contributed by atoms with Crippen molar-refractivity contribution in [1.29, 1.82) is 5.26 Å². The fourth-order valence-corrected chi connectivity index (χ4v) is 15.8. The van der Waals surface area contributed by atoms with Crippen molar-refractivity contribution in [3.05, 3.63) is 260 Å². The Morgan fingerprint density at radius 1 is 0.395 bits per heavy atom. The van der Waals surface area contributed by atoms with E-state index in [2.05, 4.69) is 214 Å². The minimum Gasteiger partial charge on any atom is -0.456 e. The maximum Gasteiger partial charge on any atom is 0.220 e. The van der Waals surface area contributed by atoms with E-state index in [1.54, 1.807) is 22.7 Å². The lowest BCUT2D eigenvalue weighted by Crippen LogP contribution is -2.09. The molecule has 7 heteroatoms. The predicted octanol–water partition coefficient (Wildman–Crippen LogP) is 21.6. The van der Waals surface area contributed by atoms with Crippen molar-refractivity contribution < 1.29 is 4.42 Å². The number of aromatic nitrogens is 2. The first-order chi connectivity index (χ1) is 40.2. The number of fused-ring (bicyclic) bond motifs is 17. The topological polar surface area (TPSA) is 51.1 Å². The minimum absolute atomic E-state index is 0.390. The van der Waals surface area contributed by atoms with Crippen LogP contribution >= 0.6 is 22.7 Å². The zero-order chi connectivity index (χ0) is 53.4. The van der Waals surface area contributed by atoms with Crippen LogP contribution in [-0.4, -0.2) is 9.13 Å². The van der Waals surface area contributed by atoms with E-state index in [4.69, 9.17) is 4.42 Å². The highest BCUT2D eigenvalue weighted by molar-refractivity contribution is 7.27. The Morgan fingerprint density at radius 3 is 1.64 bits per heavy atom. The van der Waals surface area contributed by atoms with E-state index in [1.807, 2.05) is 48.5 Å². The summed E-state index contributed by atoms with van der Waals surface area (Å²) in [7, 11) is 0. The normalized spacial score (nSPS) is 11.9. The van der Waals surface area contributed by atoms with Gasteiger partial charge in [0.15, 0.2) is 0 Å². The van der Waals surface area contributed by atoms with Crippen LogP contribution in [0.4, 0.5) is 5.69 Å². The van der Waals surface area contributed by atoms with Gasteiger partial charge in [-0.15, -0.1) is 22.7 Å². The molecule has 0 saturated carbocycles. The molecule has 0 fully saturated rings. The standard InChI is InChI=1S/C74H40N4OS2/c1-76-68-63(44-23-7-3-8-24-44)56(42-75)69(78-70-53(40-39-50-46-27-13-17-37-61(46)80-73(50)70)67-54(43-21-5-2-6-22-43)41-55-47-28-14-18-38-62(47)81-74(55)72(67)78)64(45-25-9-4-10-26-45)71(68)77-57-33-15-11-29-51(57)65-48(31-19-34-58(65)77)49-32-20-36-60-66(49)52-30-12-16-35-59(52)79-60/h2-41H. The SMILES string of the molecule is [C-]#[N+]c1c(-c2ccccc2)c(C#N)c(-n2c3c(ccc4c5ccccc5sc43)c3c(-c4ccccc4)cc4c5ccccc5sc4c32)c(-c2ccccc2)c1-n1c2ccccc2c2c(-c3cccc4oc5ccccc5c34)cccc21. The highest BCUT2D eigenvalue weighted by Gasteiger charge is 2.34. The van der Waals surface area contributed by atoms with Crippen molar-refractivity contribution in [3.8, 4) is 62.0 Å². The molecule has 0 amide bonds. The lowest BCUT2D eigenvalue weighted by Gasteiger charge is -2.26. The highest BCUT2D eigenvalue weighted by Crippen LogP contribution is 2.56. The van der Waals surface area contributed by atoms with Gasteiger partial charge in [-0.05, 0) is 75.8 Å². The molecule has 0 saturated heterocycles. The second-order valence-corrected chi connectivity index (χ2v) is 22.8. The van der Waals surface area contributed by atoms with E-state index in [-0.39, 0.29) is 0 Å². The molecular weight excluding hydrogens is 1020 g/mol. The first kappa shape index (κ1) is 45.5. The zero-order valence-corrected chi connectivity index (χ0v) is 44.7. The molecule has 0 radical (unpaired) electrons. The summed E-state index contributed by atoms with van der Waals surface area (Å²) in [5, 5.41) is 23.5. The van der Waals surface area contributed by atoms with Gasteiger partial charge in [-0.3, -0.25) is 0 Å². The monoisotopic (exact) mass is 1060 g/mol. The lowest BCUT2D eigenvalue weighted by atomic mass is 9.88. The van der Waals surface area contributed by atoms with Crippen LogP contribution in [0.1, 0.15) is 5.56 Å². The summed E-state index contributed by atoms with van der Waals surface area (Å²) in [4.78, 5) is 4.68. The van der Waals surface area contributed by atoms with E-state index in [9.17, 15) is 11.8 Å². The summed E-state index contributed by atoms with van der Waals surface area (Å²) in [6.07, 6.45) is 0. The maximum atomic E-state index is 12.5. The summed E-state index contributed by atoms with van der Waals surface area (Å²) in [6.45, 7) is 9.61. The van der Waals surface area contributed by atoms with E-state index < -0.39 is 0 Å². The zero-order valence-electron chi connectivity index (χ0n) is 43.1. The molecule has 81 heavy (non-hydrogen) atoms. The number of rotatable bonds is 6. The van der Waals surface area contributed by atoms with Gasteiger partial charge in [-0.1, -0.05) is 200 Å². The highest BCUT2D eigenvalue weighted by atomic mass is 32.1. The average Bonchev–Trinajstić information content (AvgIpc) is 2.48. The average molecular weight is 1070 g/mol. The van der Waals surface area contributed by atoms with Crippen molar-refractivity contribution in [2.75, 3.05) is 0 Å². The molecule has 0 aliphatic heterocycles. The molecule has 5 aromatic heterocycles. The Morgan fingerprint density at radius 2 is 0.938 bits per heavy atom. The molecule has 0 bridgehead atoms. The molecule has 0 atom stereocenters. The van der Waals surface area contributed by atoms with Crippen molar-refractivity contribution >= 4 is 134 Å². The van der Waals surface area contributed by atoms with Crippen LogP contribution in [0.2, 0.25) is 0 Å². The molecule has 17 rings (SSSR count). The molecule has 0 unspecified atom stereocenters. The molecular formula is C74H40N4OS2. The van der Waals surface area contributed by atoms with Gasteiger partial charge < -0.3 is 13.6 Å². The number of para-hydroxylation sites is 2. The lowest BCUT2D eigenvalue weighted by molar-refractivity contribution is 0.669. The first-order valence-electron chi connectivity index (χ1n) is 27.0. The van der Waals surface area contributed by atoms with E-state index >= 15 is 0 Å². The second kappa shape index (κ2) is 17.5. The smallest absolute Gasteiger partial charge is 0.220 e. The predicted molar refractivity (Wildman–Crippen MR) is 341 cm³/mol. The van der Waals surface area contributed by atoms with Crippen LogP contribution in [0.5, 0.6) is 0 Å². The summed E-state index contributed by atoms with van der Waals surface area (Å²) in [5.41, 5.74) is 15.2. The van der Waals surface area contributed by atoms with Gasteiger partial charge in [-0.2, -0.15) is 5.26 Å². The molecule has 0 N–H and O–H groups in total. The van der Waals surface area contributed by atoms with Crippen LogP contribution in [0.3, 0.4) is 0 Å². The number of thiophene rings is 2. The van der Waals surface area contributed by atoms with Gasteiger partial charge >= 0.3 is 0 Å². The molecule has 0 aliphatic carbocycles. The van der Waals surface area contributed by atoms with Crippen LogP contribution in [0.25, 0.3) is 167 Å². The molecule has 5 heterocycles. The van der Waals surface area contributed by atoms with Crippen LogP contribution < -0.4 is 0 Å². The Bertz CT molecular complexity index is 5610. The Hall–Kier alpha value is -10.5. The van der Waals surface area contributed by atoms with E-state index in [0.717, 1.165) is 130 Å². The van der Waals surface area contributed by atoms with E-state index in [0.29, 0.717) is 22.5 Å². The Kier molecular flexibility index (Phi) is 9.82. The van der Waals surface area contributed by atoms with Crippen LogP contribution in [0.15, 0.2) is 247 Å². The third-order valence-electron chi connectivity index (χ3n) is 16.6. The fraction of sp³-hybridized carbons (Fsp3) is 0. The molecule has 17 aromatic rings. The summed E-state index contributed by atoms with van der Waals surface area (Å²) in [5.74, 6) is 0. The largest absolute Gasteiger partial charge is 0.456 e. The van der Waals surface area contributed by atoms with Gasteiger partial charge in [0.05, 0.1) is 55.0 Å². The van der Waals surface area contributed by atoms with Crippen molar-refractivity contribution in [2.24, 2.45) is 0 Å². The van der Waals surface area contributed by atoms with Gasteiger partial charge in [-0.25, -0.2) is 4.85 Å². The number of furan rings is 1. The first-order valence-corrected chi connectivity index (χ1v) is 28.6. The fourth-order valence-electron chi connectivity index (χ4n) is 13.3. The van der Waals surface area contributed by atoms with Gasteiger partial charge in [0.1, 0.15) is 17.2 Å². The summed E-state index contributed by atoms with van der Waals surface area (Å²) >= 11 is 3.60. The number of benzene rings is 12. The number of nitrogens with zero attached hydrogens (tertiary/aromatic N) is 4. The van der Waals surface area contributed by atoms with Gasteiger partial charge in [0.2, 0.25) is 5.69 Å². The molecule has 12 aromatic carbocycles. The van der Waals surface area contributed by atoms with Crippen molar-refractivity contribution in [1.82, 2.24) is 9.13 Å². The second-order valence-electron chi connectivity index (χ2n) is 20.7. The molecule has 0 aliphatic rings.